The molecule has 0 aliphatic carbocycles. The van der Waals surface area contributed by atoms with Crippen LogP contribution in [0.4, 0.5) is 0 Å². The van der Waals surface area contributed by atoms with E-state index in [1.807, 2.05) is 0 Å². The van der Waals surface area contributed by atoms with Crippen LogP contribution < -0.4 is 5.32 Å². The summed E-state index contributed by atoms with van der Waals surface area (Å²) in [5.41, 5.74) is 1.21. The van der Waals surface area contributed by atoms with Gasteiger partial charge in [-0.15, -0.1) is 0 Å². The van der Waals surface area contributed by atoms with Crippen molar-refractivity contribution in [1.82, 2.24) is 10.3 Å². The average molecular weight is 370 g/mol. The number of benzene rings is 1. The number of carbonyl (C=O) groups excluding carboxylic acids is 1. The van der Waals surface area contributed by atoms with Crippen molar-refractivity contribution in [1.29, 1.82) is 0 Å². The van der Waals surface area contributed by atoms with E-state index in [1.54, 1.807) is 36.5 Å². The third kappa shape index (κ3) is 4.81. The van der Waals surface area contributed by atoms with E-state index in [1.165, 1.54) is 6.20 Å². The summed E-state index contributed by atoms with van der Waals surface area (Å²) in [6, 6.07) is 8.74. The van der Waals surface area contributed by atoms with Gasteiger partial charge in [-0.05, 0) is 46.1 Å². The van der Waals surface area contributed by atoms with Crippen LogP contribution in [-0.2, 0) is 0 Å². The number of aliphatic hydroxyl groups is 1. The molecule has 2 rings (SSSR count). The molecule has 1 aromatic heterocycles. The minimum Gasteiger partial charge on any atom is -0.388 e. The summed E-state index contributed by atoms with van der Waals surface area (Å²) in [5.74, 6) is -0.220. The van der Waals surface area contributed by atoms with Gasteiger partial charge in [0.1, 0.15) is 0 Å². The van der Waals surface area contributed by atoms with Crippen LogP contribution in [0.5, 0.6) is 0 Å². The number of halogens is 2. The molecular weight excluding hydrogens is 356 g/mol. The van der Waals surface area contributed by atoms with Crippen LogP contribution in [0.15, 0.2) is 47.2 Å². The highest BCUT2D eigenvalue weighted by Gasteiger charge is 2.10. The van der Waals surface area contributed by atoms with Gasteiger partial charge in [0.25, 0.3) is 5.91 Å². The highest BCUT2D eigenvalue weighted by Crippen LogP contribution is 2.19. The molecule has 1 amide bonds. The quantitative estimate of drug-likeness (QED) is 0.849. The smallest absolute Gasteiger partial charge is 0.252 e. The van der Waals surface area contributed by atoms with Crippen LogP contribution in [0, 0.1) is 0 Å². The van der Waals surface area contributed by atoms with Gasteiger partial charge in [-0.3, -0.25) is 9.78 Å². The lowest BCUT2D eigenvalue weighted by atomic mass is 10.1. The topological polar surface area (TPSA) is 62.2 Å². The lowest BCUT2D eigenvalue weighted by molar-refractivity contribution is 0.0942. The summed E-state index contributed by atoms with van der Waals surface area (Å²) in [5, 5.41) is 13.4. The molecule has 0 aliphatic rings. The first-order valence-electron chi connectivity index (χ1n) is 6.38. The van der Waals surface area contributed by atoms with E-state index in [0.29, 0.717) is 23.6 Å². The molecule has 1 aromatic carbocycles. The fourth-order valence-corrected chi connectivity index (χ4v) is 2.40. The fraction of sp³-hybridized carbons (Fsp3) is 0.200. The molecule has 0 bridgehead atoms. The van der Waals surface area contributed by atoms with Gasteiger partial charge in [-0.1, -0.05) is 23.7 Å². The maximum atomic E-state index is 11.9. The van der Waals surface area contributed by atoms with Crippen molar-refractivity contribution < 1.29 is 9.90 Å². The Hall–Kier alpha value is -1.43. The number of pyridine rings is 1. The number of carbonyl (C=O) groups is 1. The summed E-state index contributed by atoms with van der Waals surface area (Å²) in [7, 11) is 0. The Labute approximate surface area is 136 Å². The molecule has 1 heterocycles. The second kappa shape index (κ2) is 7.54. The Kier molecular flexibility index (Phi) is 5.73. The van der Waals surface area contributed by atoms with Gasteiger partial charge in [-0.2, -0.15) is 0 Å². The monoisotopic (exact) mass is 368 g/mol. The van der Waals surface area contributed by atoms with Crippen molar-refractivity contribution in [3.8, 4) is 0 Å². The van der Waals surface area contributed by atoms with Crippen LogP contribution >= 0.6 is 27.5 Å². The Morgan fingerprint density at radius 3 is 2.90 bits per heavy atom. The molecule has 0 saturated heterocycles. The Bertz CT molecular complexity index is 637. The van der Waals surface area contributed by atoms with Crippen LogP contribution in [0.2, 0.25) is 5.02 Å². The van der Waals surface area contributed by atoms with Gasteiger partial charge in [0, 0.05) is 28.4 Å². The van der Waals surface area contributed by atoms with Gasteiger partial charge in [0.2, 0.25) is 0 Å². The first-order chi connectivity index (χ1) is 10.1. The van der Waals surface area contributed by atoms with Crippen molar-refractivity contribution in [3.05, 3.63) is 63.3 Å². The van der Waals surface area contributed by atoms with Crippen LogP contribution in [-0.4, -0.2) is 22.5 Å². The lowest BCUT2D eigenvalue weighted by Gasteiger charge is -2.12. The zero-order valence-electron chi connectivity index (χ0n) is 11.1. The standard InChI is InChI=1S/C15H14BrClN2O2/c16-12-6-11(8-18-9-12)15(21)19-5-4-14(20)10-2-1-3-13(17)7-10/h1-3,6-9,14,20H,4-5H2,(H,19,21)/t14-/m1/s1. The fourth-order valence-electron chi connectivity index (χ4n) is 1.84. The molecule has 4 nitrogen and oxygen atoms in total. The SMILES string of the molecule is O=C(NCC[C@@H](O)c1cccc(Cl)c1)c1cncc(Br)c1. The van der Waals surface area contributed by atoms with Gasteiger partial charge < -0.3 is 10.4 Å². The number of nitrogens with zero attached hydrogens (tertiary/aromatic N) is 1. The normalized spacial score (nSPS) is 12.0. The van der Waals surface area contributed by atoms with Crippen LogP contribution in [0.1, 0.15) is 28.4 Å². The second-order valence-corrected chi connectivity index (χ2v) is 5.86. The molecule has 1 atom stereocenters. The summed E-state index contributed by atoms with van der Waals surface area (Å²) >= 11 is 9.14. The first-order valence-corrected chi connectivity index (χ1v) is 7.55. The highest BCUT2D eigenvalue weighted by molar-refractivity contribution is 9.10. The minimum absolute atomic E-state index is 0.220. The van der Waals surface area contributed by atoms with Gasteiger partial charge in [-0.25, -0.2) is 0 Å². The van der Waals surface area contributed by atoms with Crippen molar-refractivity contribution in [3.63, 3.8) is 0 Å². The first kappa shape index (κ1) is 15.9. The Morgan fingerprint density at radius 1 is 1.38 bits per heavy atom. The van der Waals surface area contributed by atoms with E-state index in [4.69, 9.17) is 11.6 Å². The summed E-state index contributed by atoms with van der Waals surface area (Å²) in [6.45, 7) is 0.360. The number of amides is 1. The molecule has 21 heavy (non-hydrogen) atoms. The predicted octanol–water partition coefficient (Wildman–Crippen LogP) is 3.35. The number of aliphatic hydroxyl groups excluding tert-OH is 1. The number of nitrogens with one attached hydrogen (secondary N) is 1. The molecule has 6 heteroatoms. The van der Waals surface area contributed by atoms with Crippen molar-refractivity contribution in [2.24, 2.45) is 0 Å². The largest absolute Gasteiger partial charge is 0.388 e. The molecule has 0 radical (unpaired) electrons. The van der Waals surface area contributed by atoms with E-state index >= 15 is 0 Å². The zero-order chi connectivity index (χ0) is 15.2. The highest BCUT2D eigenvalue weighted by atomic mass is 79.9. The van der Waals surface area contributed by atoms with Crippen molar-refractivity contribution in [2.75, 3.05) is 6.54 Å². The van der Waals surface area contributed by atoms with E-state index in [-0.39, 0.29) is 5.91 Å². The Balaban J connectivity index is 1.85. The number of aromatic nitrogens is 1. The molecule has 0 spiro atoms. The maximum Gasteiger partial charge on any atom is 0.252 e. The predicted molar refractivity (Wildman–Crippen MR) is 85.3 cm³/mol. The zero-order valence-corrected chi connectivity index (χ0v) is 13.4. The molecule has 0 aliphatic heterocycles. The van der Waals surface area contributed by atoms with Crippen molar-refractivity contribution in [2.45, 2.75) is 12.5 Å². The average Bonchev–Trinajstić information content (AvgIpc) is 2.47. The van der Waals surface area contributed by atoms with Crippen LogP contribution in [0.3, 0.4) is 0 Å². The van der Waals surface area contributed by atoms with Gasteiger partial charge in [0.05, 0.1) is 11.7 Å². The summed E-state index contributed by atoms with van der Waals surface area (Å²) in [6.07, 6.45) is 2.85. The van der Waals surface area contributed by atoms with Crippen LogP contribution in [0.25, 0.3) is 0 Å². The Morgan fingerprint density at radius 2 is 2.19 bits per heavy atom. The lowest BCUT2D eigenvalue weighted by Crippen LogP contribution is -2.25. The third-order valence-corrected chi connectivity index (χ3v) is 3.57. The van der Waals surface area contributed by atoms with E-state index < -0.39 is 6.10 Å². The maximum absolute atomic E-state index is 11.9. The molecule has 0 unspecified atom stereocenters. The molecule has 0 fully saturated rings. The minimum atomic E-state index is -0.662. The van der Waals surface area contributed by atoms with E-state index in [2.05, 4.69) is 26.2 Å². The second-order valence-electron chi connectivity index (χ2n) is 4.51. The van der Waals surface area contributed by atoms with E-state index in [9.17, 15) is 9.90 Å². The van der Waals surface area contributed by atoms with Gasteiger partial charge in [0.15, 0.2) is 0 Å². The third-order valence-electron chi connectivity index (χ3n) is 2.90. The molecule has 2 aromatic rings. The summed E-state index contributed by atoms with van der Waals surface area (Å²) < 4.78 is 0.745. The molecule has 0 saturated carbocycles. The number of hydrogen-bond donors (Lipinski definition) is 2. The van der Waals surface area contributed by atoms with Gasteiger partial charge >= 0.3 is 0 Å². The number of hydrogen-bond acceptors (Lipinski definition) is 3. The number of rotatable bonds is 5. The summed E-state index contributed by atoms with van der Waals surface area (Å²) in [4.78, 5) is 15.8. The molecule has 110 valence electrons. The molecular formula is C15H14BrClN2O2. The van der Waals surface area contributed by atoms with Crippen molar-refractivity contribution >= 4 is 33.4 Å². The van der Waals surface area contributed by atoms with E-state index in [0.717, 1.165) is 10.0 Å². The molecule has 2 N–H and O–H groups in total.